The van der Waals surface area contributed by atoms with Crippen molar-refractivity contribution >= 4 is 5.78 Å². The lowest BCUT2D eigenvalue weighted by atomic mass is 9.73. The van der Waals surface area contributed by atoms with Crippen molar-refractivity contribution in [1.29, 1.82) is 0 Å². The van der Waals surface area contributed by atoms with E-state index in [9.17, 15) is 4.79 Å². The fraction of sp³-hybridized carbons (Fsp3) is 0.533. The highest BCUT2D eigenvalue weighted by Gasteiger charge is 2.38. The van der Waals surface area contributed by atoms with Crippen molar-refractivity contribution in [3.63, 3.8) is 0 Å². The van der Waals surface area contributed by atoms with Crippen molar-refractivity contribution in [2.24, 2.45) is 5.73 Å². The Hall–Kier alpha value is -1.35. The van der Waals surface area contributed by atoms with Crippen LogP contribution in [0.5, 0.6) is 5.75 Å². The molecule has 3 heteroatoms. The highest BCUT2D eigenvalue weighted by Crippen LogP contribution is 2.31. The summed E-state index contributed by atoms with van der Waals surface area (Å²) in [5, 5.41) is 0. The van der Waals surface area contributed by atoms with Crippen LogP contribution in [0, 0.1) is 0 Å². The maximum Gasteiger partial charge on any atom is 0.152 e. The van der Waals surface area contributed by atoms with Crippen LogP contribution >= 0.6 is 0 Å². The second-order valence-electron chi connectivity index (χ2n) is 5.47. The molecule has 1 aliphatic carbocycles. The number of benzene rings is 1. The van der Waals surface area contributed by atoms with Crippen LogP contribution in [0.1, 0.15) is 36.8 Å². The second kappa shape index (κ2) is 4.39. The first-order chi connectivity index (χ1) is 8.67. The Balaban J connectivity index is 1.61. The molecule has 0 spiro atoms. The Bertz CT molecular complexity index is 477. The lowest BCUT2D eigenvalue weighted by molar-refractivity contribution is -0.126. The van der Waals surface area contributed by atoms with E-state index in [0.29, 0.717) is 6.42 Å². The predicted octanol–water partition coefficient (Wildman–Crippen LogP) is 2.00. The lowest BCUT2D eigenvalue weighted by Crippen LogP contribution is -2.53. The number of Topliss-reactive ketones (excluding diaryl/α,β-unsaturated/α-hetero) is 1. The lowest BCUT2D eigenvalue weighted by Gasteiger charge is -2.36. The Morgan fingerprint density at radius 1 is 1.39 bits per heavy atom. The summed E-state index contributed by atoms with van der Waals surface area (Å²) in [6.45, 7) is 0.781. The minimum absolute atomic E-state index is 0.227. The van der Waals surface area contributed by atoms with Gasteiger partial charge in [-0.05, 0) is 42.9 Å². The molecule has 1 heterocycles. The van der Waals surface area contributed by atoms with Crippen molar-refractivity contribution in [2.75, 3.05) is 6.61 Å². The van der Waals surface area contributed by atoms with Gasteiger partial charge in [-0.2, -0.15) is 0 Å². The number of carbonyl (C=O) groups excluding carboxylic acids is 1. The maximum absolute atomic E-state index is 12.0. The third-order valence-corrected chi connectivity index (χ3v) is 4.20. The molecule has 1 aliphatic heterocycles. The fourth-order valence-corrected chi connectivity index (χ4v) is 2.74. The average Bonchev–Trinajstić information content (AvgIpc) is 2.80. The van der Waals surface area contributed by atoms with E-state index in [1.165, 1.54) is 11.1 Å². The zero-order valence-electron chi connectivity index (χ0n) is 10.6. The Morgan fingerprint density at radius 3 is 2.94 bits per heavy atom. The molecule has 96 valence electrons. The van der Waals surface area contributed by atoms with Crippen LogP contribution in [0.4, 0.5) is 0 Å². The SMILES string of the molecule is NC1(C(=O)CCc2ccc3c(c2)CCO3)CCC1. The van der Waals surface area contributed by atoms with E-state index >= 15 is 0 Å². The molecule has 0 radical (unpaired) electrons. The number of rotatable bonds is 4. The van der Waals surface area contributed by atoms with Crippen LogP contribution in [0.3, 0.4) is 0 Å². The quantitative estimate of drug-likeness (QED) is 0.882. The molecule has 0 bridgehead atoms. The monoisotopic (exact) mass is 245 g/mol. The third-order valence-electron chi connectivity index (χ3n) is 4.20. The molecule has 3 nitrogen and oxygen atoms in total. The van der Waals surface area contributed by atoms with E-state index in [1.54, 1.807) is 0 Å². The smallest absolute Gasteiger partial charge is 0.152 e. The molecule has 1 fully saturated rings. The summed E-state index contributed by atoms with van der Waals surface area (Å²) in [7, 11) is 0. The summed E-state index contributed by atoms with van der Waals surface area (Å²) in [5.74, 6) is 1.23. The van der Waals surface area contributed by atoms with Gasteiger partial charge in [0.25, 0.3) is 0 Å². The van der Waals surface area contributed by atoms with Crippen LogP contribution in [0.25, 0.3) is 0 Å². The molecule has 18 heavy (non-hydrogen) atoms. The van der Waals surface area contributed by atoms with Crippen molar-refractivity contribution in [3.05, 3.63) is 29.3 Å². The zero-order valence-corrected chi connectivity index (χ0v) is 10.6. The van der Waals surface area contributed by atoms with Gasteiger partial charge < -0.3 is 10.5 Å². The Labute approximate surface area is 107 Å². The molecule has 3 rings (SSSR count). The number of fused-ring (bicyclic) bond motifs is 1. The summed E-state index contributed by atoms with van der Waals surface area (Å²) >= 11 is 0. The molecule has 0 saturated heterocycles. The van der Waals surface area contributed by atoms with Gasteiger partial charge in [-0.3, -0.25) is 4.79 Å². The van der Waals surface area contributed by atoms with E-state index in [2.05, 4.69) is 12.1 Å². The molecule has 1 aromatic carbocycles. The number of aryl methyl sites for hydroxylation is 1. The van der Waals surface area contributed by atoms with Gasteiger partial charge in [0.1, 0.15) is 5.75 Å². The van der Waals surface area contributed by atoms with Gasteiger partial charge >= 0.3 is 0 Å². The minimum Gasteiger partial charge on any atom is -0.493 e. The summed E-state index contributed by atoms with van der Waals surface area (Å²) in [4.78, 5) is 12.0. The largest absolute Gasteiger partial charge is 0.493 e. The molecule has 0 unspecified atom stereocenters. The molecule has 1 saturated carbocycles. The van der Waals surface area contributed by atoms with Gasteiger partial charge in [0.05, 0.1) is 12.1 Å². The van der Waals surface area contributed by atoms with E-state index in [0.717, 1.165) is 44.5 Å². The molecule has 1 aromatic rings. The van der Waals surface area contributed by atoms with Gasteiger partial charge in [-0.1, -0.05) is 12.1 Å². The minimum atomic E-state index is -0.500. The van der Waals surface area contributed by atoms with Gasteiger partial charge in [0, 0.05) is 12.8 Å². The van der Waals surface area contributed by atoms with E-state index < -0.39 is 5.54 Å². The van der Waals surface area contributed by atoms with Gasteiger partial charge in [0.2, 0.25) is 0 Å². The van der Waals surface area contributed by atoms with E-state index in [-0.39, 0.29) is 5.78 Å². The van der Waals surface area contributed by atoms with Crippen LogP contribution in [0.15, 0.2) is 18.2 Å². The van der Waals surface area contributed by atoms with E-state index in [1.807, 2.05) is 6.07 Å². The third kappa shape index (κ3) is 2.03. The highest BCUT2D eigenvalue weighted by molar-refractivity contribution is 5.89. The zero-order chi connectivity index (χ0) is 12.6. The molecule has 0 amide bonds. The first kappa shape index (κ1) is 11.7. The van der Waals surface area contributed by atoms with Crippen LogP contribution < -0.4 is 10.5 Å². The predicted molar refractivity (Wildman–Crippen MR) is 69.7 cm³/mol. The van der Waals surface area contributed by atoms with Gasteiger partial charge in [-0.25, -0.2) is 0 Å². The van der Waals surface area contributed by atoms with Crippen molar-refractivity contribution in [2.45, 2.75) is 44.1 Å². The molecule has 0 atom stereocenters. The first-order valence-electron chi connectivity index (χ1n) is 6.74. The summed E-state index contributed by atoms with van der Waals surface area (Å²) < 4.78 is 5.47. The van der Waals surface area contributed by atoms with Crippen molar-refractivity contribution in [3.8, 4) is 5.75 Å². The van der Waals surface area contributed by atoms with Crippen LogP contribution in [-0.2, 0) is 17.6 Å². The summed E-state index contributed by atoms with van der Waals surface area (Å²) in [6, 6.07) is 6.24. The highest BCUT2D eigenvalue weighted by atomic mass is 16.5. The number of hydrogen-bond donors (Lipinski definition) is 1. The maximum atomic E-state index is 12.0. The van der Waals surface area contributed by atoms with Gasteiger partial charge in [0.15, 0.2) is 5.78 Å². The number of ether oxygens (including phenoxy) is 1. The van der Waals surface area contributed by atoms with Crippen molar-refractivity contribution < 1.29 is 9.53 Å². The summed E-state index contributed by atoms with van der Waals surface area (Å²) in [5.41, 5.74) is 8.02. The Kier molecular flexibility index (Phi) is 2.86. The van der Waals surface area contributed by atoms with Gasteiger partial charge in [-0.15, -0.1) is 0 Å². The first-order valence-corrected chi connectivity index (χ1v) is 6.74. The molecule has 2 aliphatic rings. The number of ketones is 1. The standard InChI is InChI=1S/C15H19NO2/c16-15(7-1-8-15)14(17)5-3-11-2-4-13-12(10-11)6-9-18-13/h2,4,10H,1,3,5-9,16H2. The second-order valence-corrected chi connectivity index (χ2v) is 5.47. The number of nitrogens with two attached hydrogens (primary N) is 1. The Morgan fingerprint density at radius 2 is 2.22 bits per heavy atom. The molecular formula is C15H19NO2. The summed E-state index contributed by atoms with van der Waals surface area (Å²) in [6.07, 6.45) is 5.17. The number of hydrogen-bond acceptors (Lipinski definition) is 3. The molecule has 0 aromatic heterocycles. The number of carbonyl (C=O) groups is 1. The molecular weight excluding hydrogens is 226 g/mol. The normalized spacial score (nSPS) is 19.8. The fourth-order valence-electron chi connectivity index (χ4n) is 2.74. The molecule has 2 N–H and O–H groups in total. The van der Waals surface area contributed by atoms with Crippen LogP contribution in [-0.4, -0.2) is 17.9 Å². The van der Waals surface area contributed by atoms with Crippen molar-refractivity contribution in [1.82, 2.24) is 0 Å². The van der Waals surface area contributed by atoms with Crippen LogP contribution in [0.2, 0.25) is 0 Å². The average molecular weight is 245 g/mol. The topological polar surface area (TPSA) is 52.3 Å². The van der Waals surface area contributed by atoms with E-state index in [4.69, 9.17) is 10.5 Å².